The van der Waals surface area contributed by atoms with Crippen LogP contribution in [0.25, 0.3) is 22.2 Å². The summed E-state index contributed by atoms with van der Waals surface area (Å²) in [7, 11) is 1.47. The zero-order chi connectivity index (χ0) is 20.9. The molecule has 0 fully saturated rings. The fourth-order valence-corrected chi connectivity index (χ4v) is 3.91. The highest BCUT2D eigenvalue weighted by atomic mass is 35.5. The number of fused-ring (bicyclic) bond motifs is 3. The summed E-state index contributed by atoms with van der Waals surface area (Å²) < 4.78 is 47.1. The van der Waals surface area contributed by atoms with Gasteiger partial charge >= 0.3 is 6.18 Å². The molecule has 10 heteroatoms. The number of aromatic nitrogens is 3. The Morgan fingerprint density at radius 1 is 1.28 bits per heavy atom. The SMILES string of the molecule is COc1ccc(-c2cc(C(O)C(F)(F)F)c3c(nc4n3CCCN4)c2Cl)c(C)n1. The average molecular weight is 427 g/mol. The molecule has 0 bridgehead atoms. The summed E-state index contributed by atoms with van der Waals surface area (Å²) in [6, 6.07) is 4.55. The largest absolute Gasteiger partial charge is 0.481 e. The van der Waals surface area contributed by atoms with Crippen LogP contribution in [0.1, 0.15) is 23.8 Å². The van der Waals surface area contributed by atoms with Gasteiger partial charge in [0.05, 0.1) is 17.6 Å². The number of halogens is 4. The first-order valence-corrected chi connectivity index (χ1v) is 9.33. The van der Waals surface area contributed by atoms with Crippen LogP contribution in [-0.4, -0.2) is 39.5 Å². The van der Waals surface area contributed by atoms with Gasteiger partial charge in [0.25, 0.3) is 0 Å². The van der Waals surface area contributed by atoms with Gasteiger partial charge in [-0.3, -0.25) is 0 Å². The molecule has 2 N–H and O–H groups in total. The normalized spacial score (nSPS) is 15.1. The molecule has 6 nitrogen and oxygen atoms in total. The molecule has 0 saturated heterocycles. The summed E-state index contributed by atoms with van der Waals surface area (Å²) in [5.41, 5.74) is 1.49. The number of hydrogen-bond donors (Lipinski definition) is 2. The number of imidazole rings is 1. The van der Waals surface area contributed by atoms with E-state index in [1.165, 1.54) is 13.2 Å². The van der Waals surface area contributed by atoms with Crippen LogP contribution < -0.4 is 10.1 Å². The lowest BCUT2D eigenvalue weighted by molar-refractivity contribution is -0.206. The second-order valence-electron chi connectivity index (χ2n) is 6.82. The second kappa shape index (κ2) is 7.07. The van der Waals surface area contributed by atoms with E-state index in [9.17, 15) is 18.3 Å². The van der Waals surface area contributed by atoms with Crippen LogP contribution in [0, 0.1) is 6.92 Å². The molecule has 3 aromatic rings. The number of anilines is 1. The van der Waals surface area contributed by atoms with Crippen LogP contribution in [-0.2, 0) is 6.54 Å². The predicted molar refractivity (Wildman–Crippen MR) is 103 cm³/mol. The summed E-state index contributed by atoms with van der Waals surface area (Å²) >= 11 is 6.61. The smallest absolute Gasteiger partial charge is 0.418 e. The lowest BCUT2D eigenvalue weighted by Crippen LogP contribution is -2.22. The number of pyridine rings is 1. The maximum absolute atomic E-state index is 13.5. The van der Waals surface area contributed by atoms with Crippen LogP contribution in [0.2, 0.25) is 5.02 Å². The number of ether oxygens (including phenoxy) is 1. The number of nitrogens with one attached hydrogen (secondary N) is 1. The molecule has 1 unspecified atom stereocenters. The summed E-state index contributed by atoms with van der Waals surface area (Å²) in [6.45, 7) is 2.85. The van der Waals surface area contributed by atoms with Gasteiger partial charge in [-0.15, -0.1) is 0 Å². The van der Waals surface area contributed by atoms with Gasteiger partial charge in [0.1, 0.15) is 5.52 Å². The van der Waals surface area contributed by atoms with Crippen molar-refractivity contribution in [2.45, 2.75) is 32.2 Å². The molecule has 3 heterocycles. The topological polar surface area (TPSA) is 72.2 Å². The lowest BCUT2D eigenvalue weighted by Gasteiger charge is -2.21. The third-order valence-corrected chi connectivity index (χ3v) is 5.37. The Balaban J connectivity index is 2.03. The van der Waals surface area contributed by atoms with E-state index in [0.29, 0.717) is 41.7 Å². The molecule has 154 valence electrons. The van der Waals surface area contributed by atoms with Gasteiger partial charge in [-0.25, -0.2) is 9.97 Å². The minimum Gasteiger partial charge on any atom is -0.481 e. The number of aliphatic hydroxyl groups is 1. The van der Waals surface area contributed by atoms with E-state index in [1.54, 1.807) is 23.6 Å². The van der Waals surface area contributed by atoms with E-state index >= 15 is 0 Å². The quantitative estimate of drug-likeness (QED) is 0.646. The van der Waals surface area contributed by atoms with Gasteiger partial charge in [-0.2, -0.15) is 13.2 Å². The Hall–Kier alpha value is -2.52. The highest BCUT2D eigenvalue weighted by Gasteiger charge is 2.42. The van der Waals surface area contributed by atoms with Crippen molar-refractivity contribution in [1.29, 1.82) is 0 Å². The van der Waals surface area contributed by atoms with Crippen molar-refractivity contribution >= 4 is 28.6 Å². The number of alkyl halides is 3. The van der Waals surface area contributed by atoms with E-state index in [2.05, 4.69) is 15.3 Å². The van der Waals surface area contributed by atoms with Crippen LogP contribution >= 0.6 is 11.6 Å². The predicted octanol–water partition coefficient (Wildman–Crippen LogP) is 4.48. The molecule has 0 saturated carbocycles. The number of benzene rings is 1. The molecule has 1 aliphatic heterocycles. The first-order chi connectivity index (χ1) is 13.7. The van der Waals surface area contributed by atoms with Crippen LogP contribution in [0.3, 0.4) is 0 Å². The second-order valence-corrected chi connectivity index (χ2v) is 7.20. The maximum atomic E-state index is 13.5. The van der Waals surface area contributed by atoms with Crippen molar-refractivity contribution in [1.82, 2.24) is 14.5 Å². The van der Waals surface area contributed by atoms with E-state index in [1.807, 2.05) is 0 Å². The molecule has 0 spiro atoms. The molecule has 0 amide bonds. The molecule has 1 atom stereocenters. The minimum atomic E-state index is -4.84. The van der Waals surface area contributed by atoms with Crippen molar-refractivity contribution in [2.24, 2.45) is 0 Å². The highest BCUT2D eigenvalue weighted by molar-refractivity contribution is 6.38. The fraction of sp³-hybridized carbons (Fsp3) is 0.368. The number of methoxy groups -OCH3 is 1. The minimum absolute atomic E-state index is 0.185. The van der Waals surface area contributed by atoms with Crippen molar-refractivity contribution in [3.8, 4) is 17.0 Å². The molecular formula is C19H18ClF3N4O2. The molecule has 2 aromatic heterocycles. The Kier molecular flexibility index (Phi) is 4.82. The number of rotatable bonds is 3. The molecule has 0 aliphatic carbocycles. The van der Waals surface area contributed by atoms with E-state index in [-0.39, 0.29) is 21.6 Å². The zero-order valence-electron chi connectivity index (χ0n) is 15.6. The van der Waals surface area contributed by atoms with Crippen molar-refractivity contribution in [3.05, 3.63) is 34.5 Å². The van der Waals surface area contributed by atoms with Crippen LogP contribution in [0.5, 0.6) is 5.88 Å². The molecule has 0 radical (unpaired) electrons. The summed E-state index contributed by atoms with van der Waals surface area (Å²) in [4.78, 5) is 8.70. The standard InChI is InChI=1S/C19H18ClF3N4O2/c1-9-10(4-5-13(25-9)29-2)11-8-12(17(28)19(21,22)23)16-15(14(11)20)26-18-24-6-3-7-27(16)18/h4-5,8,17,28H,3,6-7H2,1-2H3,(H,24,26). The van der Waals surface area contributed by atoms with Crippen molar-refractivity contribution < 1.29 is 23.0 Å². The van der Waals surface area contributed by atoms with Gasteiger partial charge in [0.15, 0.2) is 6.10 Å². The van der Waals surface area contributed by atoms with Gasteiger partial charge in [-0.05, 0) is 25.5 Å². The third-order valence-electron chi connectivity index (χ3n) is 4.99. The number of aliphatic hydroxyl groups excluding tert-OH is 1. The van der Waals surface area contributed by atoms with E-state index in [0.717, 1.165) is 6.42 Å². The summed E-state index contributed by atoms with van der Waals surface area (Å²) in [5.74, 6) is 0.811. The van der Waals surface area contributed by atoms with Gasteiger partial charge in [-0.1, -0.05) is 11.6 Å². The first-order valence-electron chi connectivity index (χ1n) is 8.95. The van der Waals surface area contributed by atoms with E-state index in [4.69, 9.17) is 16.3 Å². The van der Waals surface area contributed by atoms with Gasteiger partial charge in [0, 0.05) is 41.5 Å². The summed E-state index contributed by atoms with van der Waals surface area (Å²) in [6.07, 6.45) is -6.78. The first kappa shape index (κ1) is 19.8. The maximum Gasteiger partial charge on any atom is 0.418 e. The fourth-order valence-electron chi connectivity index (χ4n) is 3.62. The number of hydrogen-bond acceptors (Lipinski definition) is 5. The zero-order valence-corrected chi connectivity index (χ0v) is 16.4. The summed E-state index contributed by atoms with van der Waals surface area (Å²) in [5, 5.41) is 13.4. The lowest BCUT2D eigenvalue weighted by atomic mass is 9.97. The molecule has 1 aromatic carbocycles. The molecular weight excluding hydrogens is 409 g/mol. The number of nitrogens with zero attached hydrogens (tertiary/aromatic N) is 3. The van der Waals surface area contributed by atoms with Crippen molar-refractivity contribution in [3.63, 3.8) is 0 Å². The van der Waals surface area contributed by atoms with Gasteiger partial charge in [0.2, 0.25) is 11.8 Å². The van der Waals surface area contributed by atoms with Crippen molar-refractivity contribution in [2.75, 3.05) is 19.0 Å². The number of aryl methyl sites for hydroxylation is 2. The molecule has 29 heavy (non-hydrogen) atoms. The monoisotopic (exact) mass is 426 g/mol. The average Bonchev–Trinajstić information content (AvgIpc) is 3.08. The highest BCUT2D eigenvalue weighted by Crippen LogP contribution is 2.44. The Labute approximate surface area is 169 Å². The third kappa shape index (κ3) is 3.28. The van der Waals surface area contributed by atoms with Crippen LogP contribution in [0.4, 0.5) is 19.1 Å². The Bertz CT molecular complexity index is 1100. The van der Waals surface area contributed by atoms with Crippen LogP contribution in [0.15, 0.2) is 18.2 Å². The van der Waals surface area contributed by atoms with E-state index < -0.39 is 12.3 Å². The van der Waals surface area contributed by atoms with Gasteiger partial charge < -0.3 is 19.7 Å². The Morgan fingerprint density at radius 2 is 2.03 bits per heavy atom. The Morgan fingerprint density at radius 3 is 2.69 bits per heavy atom. The molecule has 4 rings (SSSR count). The molecule has 1 aliphatic rings.